The smallest absolute Gasteiger partial charge is 0.101 e. The van der Waals surface area contributed by atoms with Gasteiger partial charge in [0.1, 0.15) is 6.07 Å². The molecule has 0 saturated carbocycles. The first-order valence-electron chi connectivity index (χ1n) is 7.51. The van der Waals surface area contributed by atoms with Crippen LogP contribution in [0.3, 0.4) is 0 Å². The summed E-state index contributed by atoms with van der Waals surface area (Å²) in [4.78, 5) is 2.43. The second kappa shape index (κ2) is 6.61. The lowest BCUT2D eigenvalue weighted by Crippen LogP contribution is -2.26. The van der Waals surface area contributed by atoms with Crippen molar-refractivity contribution < 1.29 is 0 Å². The Balaban J connectivity index is 2.17. The number of anilines is 1. The molecule has 1 aromatic carbocycles. The van der Waals surface area contributed by atoms with Crippen LogP contribution in [0.2, 0.25) is 0 Å². The van der Waals surface area contributed by atoms with E-state index >= 15 is 0 Å². The van der Waals surface area contributed by atoms with E-state index in [9.17, 15) is 5.26 Å². The standard InChI is InChI=1S/C17H24N2/c1-3-6-15-8-5-11-19(12-10-15)17-14(2)7-4-9-16(17)13-18/h4,7,9,15H,3,5-6,8,10-12H2,1-2H3. The maximum atomic E-state index is 9.30. The van der Waals surface area contributed by atoms with E-state index in [4.69, 9.17) is 0 Å². The van der Waals surface area contributed by atoms with Crippen LogP contribution < -0.4 is 4.90 Å². The van der Waals surface area contributed by atoms with Crippen LogP contribution in [0.5, 0.6) is 0 Å². The zero-order chi connectivity index (χ0) is 13.7. The molecule has 0 bridgehead atoms. The van der Waals surface area contributed by atoms with Gasteiger partial charge < -0.3 is 4.90 Å². The van der Waals surface area contributed by atoms with Gasteiger partial charge in [-0.05, 0) is 43.7 Å². The van der Waals surface area contributed by atoms with E-state index in [-0.39, 0.29) is 0 Å². The quantitative estimate of drug-likeness (QED) is 0.807. The van der Waals surface area contributed by atoms with Crippen molar-refractivity contribution in [3.05, 3.63) is 29.3 Å². The van der Waals surface area contributed by atoms with E-state index in [1.807, 2.05) is 12.1 Å². The molecule has 1 aliphatic rings. The number of hydrogen-bond donors (Lipinski definition) is 0. The van der Waals surface area contributed by atoms with Crippen molar-refractivity contribution in [1.82, 2.24) is 0 Å². The molecule has 1 aromatic rings. The fourth-order valence-corrected chi connectivity index (χ4v) is 3.25. The Bertz CT molecular complexity index is 459. The van der Waals surface area contributed by atoms with Crippen molar-refractivity contribution in [2.24, 2.45) is 5.92 Å². The van der Waals surface area contributed by atoms with Gasteiger partial charge in [-0.25, -0.2) is 0 Å². The van der Waals surface area contributed by atoms with E-state index in [1.165, 1.54) is 43.4 Å². The van der Waals surface area contributed by atoms with Crippen molar-refractivity contribution in [3.63, 3.8) is 0 Å². The first-order valence-corrected chi connectivity index (χ1v) is 7.51. The Morgan fingerprint density at radius 3 is 2.89 bits per heavy atom. The lowest BCUT2D eigenvalue weighted by Gasteiger charge is -2.25. The highest BCUT2D eigenvalue weighted by molar-refractivity contribution is 5.64. The molecule has 0 amide bonds. The Labute approximate surface area is 117 Å². The highest BCUT2D eigenvalue weighted by atomic mass is 15.1. The third-order valence-corrected chi connectivity index (χ3v) is 4.22. The van der Waals surface area contributed by atoms with Crippen LogP contribution in [0, 0.1) is 24.2 Å². The molecule has 0 radical (unpaired) electrons. The van der Waals surface area contributed by atoms with E-state index in [2.05, 4.69) is 30.9 Å². The average Bonchev–Trinajstić information content (AvgIpc) is 2.64. The molecule has 2 heteroatoms. The summed E-state index contributed by atoms with van der Waals surface area (Å²) < 4.78 is 0. The van der Waals surface area contributed by atoms with Crippen LogP contribution in [0.15, 0.2) is 18.2 Å². The third kappa shape index (κ3) is 3.29. The first kappa shape index (κ1) is 13.9. The van der Waals surface area contributed by atoms with Gasteiger partial charge in [0.25, 0.3) is 0 Å². The molecule has 0 spiro atoms. The molecule has 19 heavy (non-hydrogen) atoms. The van der Waals surface area contributed by atoms with Crippen molar-refractivity contribution in [1.29, 1.82) is 5.26 Å². The number of rotatable bonds is 3. The Hall–Kier alpha value is -1.49. The molecule has 0 N–H and O–H groups in total. The highest BCUT2D eigenvalue weighted by Gasteiger charge is 2.19. The first-order chi connectivity index (χ1) is 9.26. The molecule has 1 fully saturated rings. The number of para-hydroxylation sites is 1. The molecule has 1 aliphatic heterocycles. The fourth-order valence-electron chi connectivity index (χ4n) is 3.25. The highest BCUT2D eigenvalue weighted by Crippen LogP contribution is 2.29. The Morgan fingerprint density at radius 2 is 2.16 bits per heavy atom. The van der Waals surface area contributed by atoms with Crippen LogP contribution >= 0.6 is 0 Å². The molecule has 0 aromatic heterocycles. The number of hydrogen-bond acceptors (Lipinski definition) is 2. The predicted octanol–water partition coefficient (Wildman–Crippen LogP) is 4.27. The molecule has 2 nitrogen and oxygen atoms in total. The molecular weight excluding hydrogens is 232 g/mol. The molecule has 0 aliphatic carbocycles. The second-order valence-corrected chi connectivity index (χ2v) is 5.66. The van der Waals surface area contributed by atoms with Gasteiger partial charge in [0.05, 0.1) is 11.3 Å². The van der Waals surface area contributed by atoms with Gasteiger partial charge >= 0.3 is 0 Å². The van der Waals surface area contributed by atoms with Crippen LogP contribution in [-0.2, 0) is 0 Å². The van der Waals surface area contributed by atoms with Crippen molar-refractivity contribution in [2.45, 2.75) is 46.0 Å². The second-order valence-electron chi connectivity index (χ2n) is 5.66. The van der Waals surface area contributed by atoms with E-state index in [0.29, 0.717) is 0 Å². The molecule has 1 saturated heterocycles. The van der Waals surface area contributed by atoms with Gasteiger partial charge in [0, 0.05) is 13.1 Å². The zero-order valence-electron chi connectivity index (χ0n) is 12.2. The minimum atomic E-state index is 0.828. The molecule has 1 unspecified atom stereocenters. The summed E-state index contributed by atoms with van der Waals surface area (Å²) in [5.41, 5.74) is 3.23. The van der Waals surface area contributed by atoms with E-state index in [0.717, 1.165) is 24.6 Å². The summed E-state index contributed by atoms with van der Waals surface area (Å²) >= 11 is 0. The number of nitrogens with zero attached hydrogens (tertiary/aromatic N) is 2. The lowest BCUT2D eigenvalue weighted by atomic mass is 9.96. The van der Waals surface area contributed by atoms with Crippen molar-refractivity contribution >= 4 is 5.69 Å². The summed E-state index contributed by atoms with van der Waals surface area (Å²) in [5.74, 6) is 0.879. The maximum Gasteiger partial charge on any atom is 0.101 e. The van der Waals surface area contributed by atoms with Gasteiger partial charge in [0.15, 0.2) is 0 Å². The van der Waals surface area contributed by atoms with Gasteiger partial charge in [-0.15, -0.1) is 0 Å². The van der Waals surface area contributed by atoms with Gasteiger partial charge in [-0.1, -0.05) is 31.9 Å². The summed E-state index contributed by atoms with van der Waals surface area (Å²) in [6.07, 6.45) is 6.51. The molecule has 1 heterocycles. The van der Waals surface area contributed by atoms with E-state index < -0.39 is 0 Å². The fraction of sp³-hybridized carbons (Fsp3) is 0.588. The average molecular weight is 256 g/mol. The van der Waals surface area contributed by atoms with Crippen LogP contribution in [0.4, 0.5) is 5.69 Å². The number of nitriles is 1. The summed E-state index contributed by atoms with van der Waals surface area (Å²) in [7, 11) is 0. The zero-order valence-corrected chi connectivity index (χ0v) is 12.2. The van der Waals surface area contributed by atoms with Crippen LogP contribution in [0.1, 0.15) is 50.2 Å². The lowest BCUT2D eigenvalue weighted by molar-refractivity contribution is 0.435. The number of benzene rings is 1. The Kier molecular flexibility index (Phi) is 4.85. The minimum absolute atomic E-state index is 0.828. The SMILES string of the molecule is CCCC1CCCN(c2c(C)cccc2C#N)CC1. The molecule has 2 rings (SSSR count). The third-order valence-electron chi connectivity index (χ3n) is 4.22. The van der Waals surface area contributed by atoms with Crippen LogP contribution in [0.25, 0.3) is 0 Å². The topological polar surface area (TPSA) is 27.0 Å². The van der Waals surface area contributed by atoms with Crippen LogP contribution in [-0.4, -0.2) is 13.1 Å². The van der Waals surface area contributed by atoms with Gasteiger partial charge in [-0.3, -0.25) is 0 Å². The Morgan fingerprint density at radius 1 is 1.32 bits per heavy atom. The number of aryl methyl sites for hydroxylation is 1. The van der Waals surface area contributed by atoms with Crippen molar-refractivity contribution in [3.8, 4) is 6.07 Å². The van der Waals surface area contributed by atoms with Gasteiger partial charge in [0.2, 0.25) is 0 Å². The molecule has 1 atom stereocenters. The summed E-state index contributed by atoms with van der Waals surface area (Å²) in [5, 5.41) is 9.30. The predicted molar refractivity (Wildman–Crippen MR) is 80.4 cm³/mol. The normalized spacial score (nSPS) is 19.8. The van der Waals surface area contributed by atoms with Gasteiger partial charge in [-0.2, -0.15) is 5.26 Å². The maximum absolute atomic E-state index is 9.30. The minimum Gasteiger partial charge on any atom is -0.370 e. The monoisotopic (exact) mass is 256 g/mol. The molecule has 102 valence electrons. The summed E-state index contributed by atoms with van der Waals surface area (Å²) in [6.45, 7) is 6.59. The van der Waals surface area contributed by atoms with E-state index in [1.54, 1.807) is 0 Å². The molecular formula is C17H24N2. The summed E-state index contributed by atoms with van der Waals surface area (Å²) in [6, 6.07) is 8.39. The largest absolute Gasteiger partial charge is 0.370 e. The van der Waals surface area contributed by atoms with Crippen molar-refractivity contribution in [2.75, 3.05) is 18.0 Å².